The summed E-state index contributed by atoms with van der Waals surface area (Å²) in [6.07, 6.45) is 1.03. The Balaban J connectivity index is 2.07. The van der Waals surface area contributed by atoms with Gasteiger partial charge in [-0.2, -0.15) is 4.98 Å². The van der Waals surface area contributed by atoms with Gasteiger partial charge in [0.1, 0.15) is 19.0 Å². The van der Waals surface area contributed by atoms with Crippen LogP contribution in [-0.4, -0.2) is 23.6 Å². The maximum Gasteiger partial charge on any atom is 0.219 e. The highest BCUT2D eigenvalue weighted by atomic mass is 16.5. The molecule has 0 aliphatic rings. The summed E-state index contributed by atoms with van der Waals surface area (Å²) >= 11 is 0. The lowest BCUT2D eigenvalue weighted by molar-refractivity contribution is 0.176. The van der Waals surface area contributed by atoms with Crippen LogP contribution in [0.5, 0.6) is 5.88 Å². The van der Waals surface area contributed by atoms with Crippen molar-refractivity contribution in [3.8, 4) is 5.88 Å². The monoisotopic (exact) mass is 287 g/mol. The molecule has 0 bridgehead atoms. The topological polar surface area (TPSA) is 56.3 Å². The van der Waals surface area contributed by atoms with Crippen molar-refractivity contribution in [1.29, 1.82) is 0 Å². The van der Waals surface area contributed by atoms with Gasteiger partial charge in [-0.05, 0) is 12.0 Å². The minimum absolute atomic E-state index is 0.364. The largest absolute Gasteiger partial charge is 0.473 e. The molecule has 1 aromatic carbocycles. The van der Waals surface area contributed by atoms with Crippen LogP contribution in [0.25, 0.3) is 0 Å². The van der Waals surface area contributed by atoms with Gasteiger partial charge in [-0.25, -0.2) is 4.98 Å². The molecule has 0 unspecified atom stereocenters. The summed E-state index contributed by atoms with van der Waals surface area (Å²) in [4.78, 5) is 8.74. The summed E-state index contributed by atoms with van der Waals surface area (Å²) in [5.74, 6) is 1.93. The number of rotatable bonds is 8. The quantitative estimate of drug-likeness (QED) is 0.808. The molecule has 2 aromatic rings. The van der Waals surface area contributed by atoms with Crippen LogP contribution in [0.2, 0.25) is 0 Å². The van der Waals surface area contributed by atoms with Crippen LogP contribution in [0.15, 0.2) is 36.4 Å². The van der Waals surface area contributed by atoms with Crippen molar-refractivity contribution in [2.45, 2.75) is 26.6 Å². The molecule has 1 heterocycles. The average Bonchev–Trinajstić information content (AvgIpc) is 2.52. The van der Waals surface area contributed by atoms with Crippen molar-refractivity contribution in [1.82, 2.24) is 9.97 Å². The van der Waals surface area contributed by atoms with E-state index in [-0.39, 0.29) is 0 Å². The molecule has 1 N–H and O–H groups in total. The smallest absolute Gasteiger partial charge is 0.219 e. The van der Waals surface area contributed by atoms with Crippen LogP contribution in [0.3, 0.4) is 0 Å². The molecule has 112 valence electrons. The Hall–Kier alpha value is -2.14. The van der Waals surface area contributed by atoms with E-state index in [4.69, 9.17) is 9.47 Å². The summed E-state index contributed by atoms with van der Waals surface area (Å²) in [6.45, 7) is 3.82. The zero-order valence-electron chi connectivity index (χ0n) is 12.5. The number of nitrogens with one attached hydrogen (secondary N) is 1. The van der Waals surface area contributed by atoms with E-state index in [1.54, 1.807) is 7.11 Å². The Morgan fingerprint density at radius 1 is 1.10 bits per heavy atom. The number of hydrogen-bond donors (Lipinski definition) is 1. The minimum Gasteiger partial charge on any atom is -0.473 e. The zero-order chi connectivity index (χ0) is 14.9. The number of ether oxygens (including phenoxy) is 2. The molecule has 5 nitrogen and oxygen atoms in total. The predicted octanol–water partition coefficient (Wildman–Crippen LogP) is 3.02. The average molecular weight is 287 g/mol. The summed E-state index contributed by atoms with van der Waals surface area (Å²) in [6, 6.07) is 11.8. The Labute approximate surface area is 125 Å². The fraction of sp³-hybridized carbons (Fsp3) is 0.375. The van der Waals surface area contributed by atoms with Gasteiger partial charge in [-0.15, -0.1) is 0 Å². The third-order valence-corrected chi connectivity index (χ3v) is 2.81. The molecule has 0 atom stereocenters. The van der Waals surface area contributed by atoms with Gasteiger partial charge in [0.2, 0.25) is 5.88 Å². The van der Waals surface area contributed by atoms with Crippen LogP contribution in [0.4, 0.5) is 5.82 Å². The van der Waals surface area contributed by atoms with Gasteiger partial charge in [0, 0.05) is 19.7 Å². The van der Waals surface area contributed by atoms with Gasteiger partial charge in [0.05, 0.1) is 0 Å². The van der Waals surface area contributed by atoms with E-state index in [1.165, 1.54) is 0 Å². The molecule has 0 spiro atoms. The zero-order valence-corrected chi connectivity index (χ0v) is 12.5. The van der Waals surface area contributed by atoms with E-state index in [1.807, 2.05) is 36.4 Å². The SMILES string of the molecule is CCCNc1cc(OCc2ccccc2)nc(COC)n1. The lowest BCUT2D eigenvalue weighted by Gasteiger charge is -2.10. The van der Waals surface area contributed by atoms with Crippen molar-refractivity contribution in [2.75, 3.05) is 19.0 Å². The van der Waals surface area contributed by atoms with Gasteiger partial charge >= 0.3 is 0 Å². The fourth-order valence-electron chi connectivity index (χ4n) is 1.82. The molecule has 0 radical (unpaired) electrons. The molecule has 1 aromatic heterocycles. The number of methoxy groups -OCH3 is 1. The van der Waals surface area contributed by atoms with Gasteiger partial charge < -0.3 is 14.8 Å². The number of anilines is 1. The summed E-state index contributed by atoms with van der Waals surface area (Å²) in [7, 11) is 1.63. The Kier molecular flexibility index (Phi) is 5.97. The first kappa shape index (κ1) is 15.3. The van der Waals surface area contributed by atoms with Crippen LogP contribution in [-0.2, 0) is 18.0 Å². The third kappa shape index (κ3) is 5.04. The molecule has 0 aliphatic heterocycles. The van der Waals surface area contributed by atoms with Gasteiger partial charge in [-0.3, -0.25) is 0 Å². The van der Waals surface area contributed by atoms with Crippen molar-refractivity contribution in [2.24, 2.45) is 0 Å². The van der Waals surface area contributed by atoms with Gasteiger partial charge in [-0.1, -0.05) is 37.3 Å². The standard InChI is InChI=1S/C16H21N3O2/c1-3-9-17-14-10-16(19-15(18-14)12-20-2)21-11-13-7-5-4-6-8-13/h4-8,10H,3,9,11-12H2,1-2H3,(H,17,18,19). The van der Waals surface area contributed by atoms with Crippen molar-refractivity contribution < 1.29 is 9.47 Å². The highest BCUT2D eigenvalue weighted by Crippen LogP contribution is 2.16. The van der Waals surface area contributed by atoms with E-state index in [2.05, 4.69) is 22.2 Å². The summed E-state index contributed by atoms with van der Waals surface area (Å²) in [5.41, 5.74) is 1.10. The Bertz CT molecular complexity index is 546. The number of benzene rings is 1. The molecule has 0 fully saturated rings. The lowest BCUT2D eigenvalue weighted by Crippen LogP contribution is -2.07. The van der Waals surface area contributed by atoms with Crippen molar-refractivity contribution in [3.63, 3.8) is 0 Å². The second-order valence-electron chi connectivity index (χ2n) is 4.64. The van der Waals surface area contributed by atoms with E-state index in [0.717, 1.165) is 24.3 Å². The molecule has 2 rings (SSSR count). The first-order chi connectivity index (χ1) is 10.3. The molecule has 0 aliphatic carbocycles. The predicted molar refractivity (Wildman–Crippen MR) is 82.3 cm³/mol. The second kappa shape index (κ2) is 8.21. The van der Waals surface area contributed by atoms with Gasteiger partial charge in [0.15, 0.2) is 5.82 Å². The summed E-state index contributed by atoms with van der Waals surface area (Å²) < 4.78 is 10.8. The Morgan fingerprint density at radius 2 is 1.90 bits per heavy atom. The molecule has 21 heavy (non-hydrogen) atoms. The van der Waals surface area contributed by atoms with Crippen LogP contribution >= 0.6 is 0 Å². The van der Waals surface area contributed by atoms with Crippen LogP contribution in [0, 0.1) is 0 Å². The van der Waals surface area contributed by atoms with Crippen molar-refractivity contribution in [3.05, 3.63) is 47.8 Å². The molecule has 0 amide bonds. The second-order valence-corrected chi connectivity index (χ2v) is 4.64. The van der Waals surface area contributed by atoms with Crippen molar-refractivity contribution >= 4 is 5.82 Å². The lowest BCUT2D eigenvalue weighted by atomic mass is 10.2. The highest BCUT2D eigenvalue weighted by molar-refractivity contribution is 5.38. The first-order valence-electron chi connectivity index (χ1n) is 7.09. The summed E-state index contributed by atoms with van der Waals surface area (Å²) in [5, 5.41) is 3.25. The number of nitrogens with zero attached hydrogens (tertiary/aromatic N) is 2. The number of hydrogen-bond acceptors (Lipinski definition) is 5. The fourth-order valence-corrected chi connectivity index (χ4v) is 1.82. The molecule has 5 heteroatoms. The van der Waals surface area contributed by atoms with Crippen LogP contribution in [0.1, 0.15) is 24.7 Å². The maximum absolute atomic E-state index is 5.75. The minimum atomic E-state index is 0.364. The normalized spacial score (nSPS) is 10.4. The number of aromatic nitrogens is 2. The molecule has 0 saturated carbocycles. The molecular formula is C16H21N3O2. The molecular weight excluding hydrogens is 266 g/mol. The Morgan fingerprint density at radius 3 is 2.62 bits per heavy atom. The third-order valence-electron chi connectivity index (χ3n) is 2.81. The first-order valence-corrected chi connectivity index (χ1v) is 7.09. The van der Waals surface area contributed by atoms with E-state index in [9.17, 15) is 0 Å². The highest BCUT2D eigenvalue weighted by Gasteiger charge is 2.06. The van der Waals surface area contributed by atoms with E-state index < -0.39 is 0 Å². The van der Waals surface area contributed by atoms with Gasteiger partial charge in [0.25, 0.3) is 0 Å². The van der Waals surface area contributed by atoms with E-state index in [0.29, 0.717) is 24.9 Å². The van der Waals surface area contributed by atoms with E-state index >= 15 is 0 Å². The molecule has 0 saturated heterocycles. The van der Waals surface area contributed by atoms with Crippen LogP contribution < -0.4 is 10.1 Å². The maximum atomic E-state index is 5.75.